The van der Waals surface area contributed by atoms with Gasteiger partial charge in [-0.25, -0.2) is 21.2 Å². The van der Waals surface area contributed by atoms with E-state index in [1.807, 2.05) is 0 Å². The number of rotatable bonds is 8. The summed E-state index contributed by atoms with van der Waals surface area (Å²) in [5.74, 6) is -0.885. The second-order valence-electron chi connectivity index (χ2n) is 7.66. The lowest BCUT2D eigenvalue weighted by molar-refractivity contribution is 0.0951. The van der Waals surface area contributed by atoms with Crippen molar-refractivity contribution in [2.75, 3.05) is 11.0 Å². The molecule has 3 aromatic carbocycles. The Balaban J connectivity index is 1.60. The first-order valence-corrected chi connectivity index (χ1v) is 13.4. The molecule has 7 nitrogen and oxygen atoms in total. The van der Waals surface area contributed by atoms with E-state index >= 15 is 0 Å². The fourth-order valence-corrected chi connectivity index (χ4v) is 4.97. The Kier molecular flexibility index (Phi) is 7.19. The highest BCUT2D eigenvalue weighted by Gasteiger charge is 2.16. The molecule has 0 aliphatic heterocycles. The van der Waals surface area contributed by atoms with Gasteiger partial charge in [-0.1, -0.05) is 24.3 Å². The van der Waals surface area contributed by atoms with Crippen LogP contribution in [0.5, 0.6) is 0 Å². The molecule has 0 aliphatic rings. The van der Waals surface area contributed by atoms with E-state index in [9.17, 15) is 26.0 Å². The van der Waals surface area contributed by atoms with Crippen LogP contribution in [0.4, 0.5) is 10.1 Å². The Morgan fingerprint density at radius 1 is 0.879 bits per heavy atom. The molecule has 0 aliphatic carbocycles. The number of aryl methyl sites for hydroxylation is 1. The fraction of sp³-hybridized carbons (Fsp3) is 0.174. The van der Waals surface area contributed by atoms with Crippen molar-refractivity contribution in [1.29, 1.82) is 0 Å². The number of sulfone groups is 1. The van der Waals surface area contributed by atoms with Crippen LogP contribution >= 0.6 is 0 Å². The lowest BCUT2D eigenvalue weighted by atomic mass is 10.1. The van der Waals surface area contributed by atoms with Gasteiger partial charge in [-0.2, -0.15) is 0 Å². The number of carbonyl (C=O) groups excluding carboxylic acids is 1. The molecule has 0 saturated carbocycles. The van der Waals surface area contributed by atoms with Crippen molar-refractivity contribution in [2.45, 2.75) is 24.1 Å². The molecule has 3 rings (SSSR count). The van der Waals surface area contributed by atoms with Gasteiger partial charge >= 0.3 is 0 Å². The molecule has 0 bridgehead atoms. The molecule has 0 unspecified atom stereocenters. The van der Waals surface area contributed by atoms with Crippen LogP contribution < -0.4 is 10.0 Å². The molecule has 0 saturated heterocycles. The third-order valence-corrected chi connectivity index (χ3v) is 6.98. The van der Waals surface area contributed by atoms with E-state index in [1.54, 1.807) is 24.3 Å². The van der Waals surface area contributed by atoms with Crippen molar-refractivity contribution in [3.8, 4) is 0 Å². The summed E-state index contributed by atoms with van der Waals surface area (Å²) >= 11 is 0. The Morgan fingerprint density at radius 3 is 2.06 bits per heavy atom. The molecule has 174 valence electrons. The number of amides is 1. The fourth-order valence-electron chi connectivity index (χ4n) is 3.03. The third kappa shape index (κ3) is 6.87. The van der Waals surface area contributed by atoms with Gasteiger partial charge in [0.05, 0.1) is 10.6 Å². The number of sulfonamides is 1. The highest BCUT2D eigenvalue weighted by molar-refractivity contribution is 7.92. The molecule has 10 heteroatoms. The van der Waals surface area contributed by atoms with Crippen LogP contribution in [0.25, 0.3) is 0 Å². The van der Waals surface area contributed by atoms with Crippen LogP contribution in [0, 0.1) is 12.7 Å². The molecule has 3 aromatic rings. The number of halogens is 1. The summed E-state index contributed by atoms with van der Waals surface area (Å²) < 4.78 is 63.5. The first-order chi connectivity index (χ1) is 15.4. The molecule has 1 amide bonds. The molecule has 0 fully saturated rings. The Bertz CT molecular complexity index is 1370. The number of hydrogen-bond donors (Lipinski definition) is 2. The first-order valence-electron chi connectivity index (χ1n) is 9.86. The van der Waals surface area contributed by atoms with Gasteiger partial charge in [0.2, 0.25) is 0 Å². The van der Waals surface area contributed by atoms with E-state index in [2.05, 4.69) is 10.0 Å². The minimum absolute atomic E-state index is 0.0451. The van der Waals surface area contributed by atoms with Crippen molar-refractivity contribution in [3.63, 3.8) is 0 Å². The third-order valence-electron chi connectivity index (χ3n) is 4.74. The van der Waals surface area contributed by atoms with Crippen LogP contribution in [0.15, 0.2) is 71.6 Å². The van der Waals surface area contributed by atoms with Crippen LogP contribution in [0.3, 0.4) is 0 Å². The van der Waals surface area contributed by atoms with Crippen LogP contribution in [-0.4, -0.2) is 29.0 Å². The molecule has 0 spiro atoms. The predicted octanol–water partition coefficient (Wildman–Crippen LogP) is 3.41. The average molecular weight is 491 g/mol. The minimum atomic E-state index is -3.90. The monoisotopic (exact) mass is 490 g/mol. The summed E-state index contributed by atoms with van der Waals surface area (Å²) in [5, 5.41) is 2.76. The zero-order valence-corrected chi connectivity index (χ0v) is 19.6. The molecule has 2 N–H and O–H groups in total. The molecule has 0 radical (unpaired) electrons. The van der Waals surface area contributed by atoms with Gasteiger partial charge in [0.15, 0.2) is 9.84 Å². The average Bonchev–Trinajstić information content (AvgIpc) is 2.74. The Morgan fingerprint density at radius 2 is 1.48 bits per heavy atom. The van der Waals surface area contributed by atoms with E-state index in [0.29, 0.717) is 11.1 Å². The van der Waals surface area contributed by atoms with Crippen molar-refractivity contribution < 1.29 is 26.0 Å². The van der Waals surface area contributed by atoms with E-state index in [4.69, 9.17) is 0 Å². The topological polar surface area (TPSA) is 109 Å². The van der Waals surface area contributed by atoms with Gasteiger partial charge in [0.1, 0.15) is 5.82 Å². The normalized spacial score (nSPS) is 11.7. The van der Waals surface area contributed by atoms with Gasteiger partial charge in [0.25, 0.3) is 15.9 Å². The van der Waals surface area contributed by atoms with E-state index in [1.165, 1.54) is 49.6 Å². The maximum Gasteiger partial charge on any atom is 0.261 e. The van der Waals surface area contributed by atoms with Crippen molar-refractivity contribution in [1.82, 2.24) is 5.32 Å². The Labute approximate surface area is 192 Å². The number of benzene rings is 3. The molecule has 0 aromatic heterocycles. The smallest absolute Gasteiger partial charge is 0.261 e. The van der Waals surface area contributed by atoms with Crippen LogP contribution in [0.2, 0.25) is 0 Å². The minimum Gasteiger partial charge on any atom is -0.348 e. The zero-order chi connectivity index (χ0) is 24.2. The lowest BCUT2D eigenvalue weighted by Crippen LogP contribution is -2.22. The number of carbonyl (C=O) groups is 1. The van der Waals surface area contributed by atoms with Crippen molar-refractivity contribution >= 4 is 31.5 Å². The van der Waals surface area contributed by atoms with Crippen molar-refractivity contribution in [3.05, 3.63) is 94.8 Å². The second kappa shape index (κ2) is 9.72. The number of anilines is 1. The highest BCUT2D eigenvalue weighted by Crippen LogP contribution is 2.19. The second-order valence-corrected chi connectivity index (χ2v) is 11.5. The van der Waals surface area contributed by atoms with E-state index < -0.39 is 25.7 Å². The summed E-state index contributed by atoms with van der Waals surface area (Å²) in [6.07, 6.45) is 1.17. The van der Waals surface area contributed by atoms with E-state index in [-0.39, 0.29) is 34.4 Å². The number of hydrogen-bond acceptors (Lipinski definition) is 5. The lowest BCUT2D eigenvalue weighted by Gasteiger charge is -2.10. The maximum atomic E-state index is 13.4. The predicted molar refractivity (Wildman–Crippen MR) is 125 cm³/mol. The van der Waals surface area contributed by atoms with Gasteiger partial charge in [0, 0.05) is 24.1 Å². The highest BCUT2D eigenvalue weighted by atomic mass is 32.2. The maximum absolute atomic E-state index is 13.4. The molecule has 0 heterocycles. The van der Waals surface area contributed by atoms with Gasteiger partial charge in [-0.15, -0.1) is 0 Å². The molecule has 33 heavy (non-hydrogen) atoms. The molecule has 0 atom stereocenters. The summed E-state index contributed by atoms with van der Waals surface area (Å²) in [7, 11) is -7.02. The summed E-state index contributed by atoms with van der Waals surface area (Å²) in [4.78, 5) is 12.3. The summed E-state index contributed by atoms with van der Waals surface area (Å²) in [6, 6.07) is 16.3. The Hall–Kier alpha value is -3.24. The van der Waals surface area contributed by atoms with Gasteiger partial charge in [-0.05, 0) is 66.1 Å². The first kappa shape index (κ1) is 24.4. The largest absolute Gasteiger partial charge is 0.348 e. The number of nitrogens with one attached hydrogen (secondary N) is 2. The summed E-state index contributed by atoms with van der Waals surface area (Å²) in [6.45, 7) is 1.72. The van der Waals surface area contributed by atoms with Crippen molar-refractivity contribution in [2.24, 2.45) is 0 Å². The zero-order valence-electron chi connectivity index (χ0n) is 18.0. The van der Waals surface area contributed by atoms with E-state index in [0.717, 1.165) is 11.6 Å². The SMILES string of the molecule is Cc1cc(S(=O)(=O)Nc2ccc(C(=O)NCc3ccc(CS(C)(=O)=O)cc3)cc2)ccc1F. The summed E-state index contributed by atoms with van der Waals surface area (Å²) in [5.41, 5.74) is 2.29. The molecular formula is C23H23FN2O5S2. The van der Waals surface area contributed by atoms with Crippen LogP contribution in [0.1, 0.15) is 27.0 Å². The van der Waals surface area contributed by atoms with Crippen LogP contribution in [-0.2, 0) is 32.2 Å². The standard InChI is InChI=1S/C23H23FN2O5S2/c1-16-13-21(11-12-22(16)24)33(30,31)26-20-9-7-19(8-10-20)23(27)25-14-17-3-5-18(6-4-17)15-32(2,28)29/h3-13,26H,14-15H2,1-2H3,(H,25,27). The van der Waals surface area contributed by atoms with Gasteiger partial charge < -0.3 is 5.32 Å². The molecular weight excluding hydrogens is 467 g/mol. The van der Waals surface area contributed by atoms with Gasteiger partial charge in [-0.3, -0.25) is 9.52 Å². The quantitative estimate of drug-likeness (QED) is 0.503.